The molecule has 0 bridgehead atoms. The van der Waals surface area contributed by atoms with Crippen LogP contribution in [0.15, 0.2) is 48.5 Å². The maximum atomic E-state index is 13.8. The van der Waals surface area contributed by atoms with Gasteiger partial charge in [-0.25, -0.2) is 8.78 Å². The predicted molar refractivity (Wildman–Crippen MR) is 146 cm³/mol. The SMILES string of the molecule is CC.Fc1cc(CCCN2CCCC2)cc2c1OCCO2.NC(=O)C(=O)c1ccc(-c2ccc(F)cc2)s1. The lowest BCUT2D eigenvalue weighted by Gasteiger charge is -2.20. The number of rotatable bonds is 7. The highest BCUT2D eigenvalue weighted by molar-refractivity contribution is 7.18. The van der Waals surface area contributed by atoms with Crippen LogP contribution in [0.2, 0.25) is 0 Å². The molecule has 3 heterocycles. The number of aryl methyl sites for hydroxylation is 1. The van der Waals surface area contributed by atoms with E-state index >= 15 is 0 Å². The summed E-state index contributed by atoms with van der Waals surface area (Å²) >= 11 is 1.16. The summed E-state index contributed by atoms with van der Waals surface area (Å²) in [4.78, 5) is 25.6. The molecule has 9 heteroatoms. The third-order valence-electron chi connectivity index (χ3n) is 5.98. The Balaban J connectivity index is 0.000000199. The second-order valence-electron chi connectivity index (χ2n) is 8.62. The highest BCUT2D eigenvalue weighted by Gasteiger charge is 2.18. The van der Waals surface area contributed by atoms with Gasteiger partial charge in [-0.1, -0.05) is 26.0 Å². The highest BCUT2D eigenvalue weighted by Crippen LogP contribution is 2.34. The van der Waals surface area contributed by atoms with Gasteiger partial charge in [-0.2, -0.15) is 0 Å². The van der Waals surface area contributed by atoms with E-state index in [1.807, 2.05) is 19.9 Å². The quantitative estimate of drug-likeness (QED) is 0.297. The minimum atomic E-state index is -0.975. The van der Waals surface area contributed by atoms with Crippen LogP contribution in [0.4, 0.5) is 8.78 Å². The third-order valence-corrected chi connectivity index (χ3v) is 7.11. The molecular formula is C29H34F2N2O4S. The Bertz CT molecular complexity index is 1210. The van der Waals surface area contributed by atoms with Crippen LogP contribution in [-0.4, -0.2) is 49.4 Å². The van der Waals surface area contributed by atoms with Crippen molar-refractivity contribution in [1.82, 2.24) is 4.90 Å². The zero-order valence-corrected chi connectivity index (χ0v) is 22.6. The lowest BCUT2D eigenvalue weighted by atomic mass is 10.1. The number of Topliss-reactive ketones (excluding diaryl/α,β-unsaturated/α-hetero) is 1. The number of hydrogen-bond donors (Lipinski definition) is 1. The first-order valence-electron chi connectivity index (χ1n) is 12.9. The Morgan fingerprint density at radius 2 is 1.66 bits per heavy atom. The second kappa shape index (κ2) is 14.6. The molecule has 0 radical (unpaired) electrons. The van der Waals surface area contributed by atoms with Crippen molar-refractivity contribution >= 4 is 23.0 Å². The largest absolute Gasteiger partial charge is 0.486 e. The molecule has 0 atom stereocenters. The molecule has 3 aromatic rings. The van der Waals surface area contributed by atoms with Crippen LogP contribution < -0.4 is 15.2 Å². The molecule has 1 fully saturated rings. The van der Waals surface area contributed by atoms with Gasteiger partial charge < -0.3 is 20.1 Å². The van der Waals surface area contributed by atoms with Crippen LogP contribution in [0.25, 0.3) is 10.4 Å². The van der Waals surface area contributed by atoms with E-state index in [9.17, 15) is 18.4 Å². The second-order valence-corrected chi connectivity index (χ2v) is 9.70. The molecule has 0 saturated carbocycles. The molecular weight excluding hydrogens is 510 g/mol. The smallest absolute Gasteiger partial charge is 0.290 e. The first kappa shape index (κ1) is 29.3. The number of primary amides is 1. The van der Waals surface area contributed by atoms with E-state index in [0.29, 0.717) is 19.0 Å². The molecule has 0 unspecified atom stereocenters. The molecule has 0 aliphatic carbocycles. The molecule has 2 N–H and O–H groups in total. The Labute approximate surface area is 226 Å². The van der Waals surface area contributed by atoms with E-state index in [4.69, 9.17) is 15.2 Å². The van der Waals surface area contributed by atoms with Crippen LogP contribution in [0.1, 0.15) is 48.3 Å². The number of ketones is 1. The fraction of sp³-hybridized carbons (Fsp3) is 0.379. The summed E-state index contributed by atoms with van der Waals surface area (Å²) in [5.74, 6) is -1.47. The molecule has 38 heavy (non-hydrogen) atoms. The van der Waals surface area contributed by atoms with Crippen molar-refractivity contribution in [2.24, 2.45) is 5.73 Å². The van der Waals surface area contributed by atoms with E-state index in [1.165, 1.54) is 44.1 Å². The van der Waals surface area contributed by atoms with Crippen molar-refractivity contribution in [2.75, 3.05) is 32.8 Å². The van der Waals surface area contributed by atoms with Crippen LogP contribution in [0.3, 0.4) is 0 Å². The zero-order chi connectivity index (χ0) is 27.5. The van der Waals surface area contributed by atoms with Crippen molar-refractivity contribution < 1.29 is 27.8 Å². The Hall–Kier alpha value is -3.30. The van der Waals surface area contributed by atoms with Crippen molar-refractivity contribution in [3.05, 3.63) is 70.6 Å². The van der Waals surface area contributed by atoms with Gasteiger partial charge in [0.25, 0.3) is 11.7 Å². The minimum Gasteiger partial charge on any atom is -0.486 e. The van der Waals surface area contributed by atoms with E-state index in [1.54, 1.807) is 24.3 Å². The van der Waals surface area contributed by atoms with Gasteiger partial charge in [-0.15, -0.1) is 11.3 Å². The molecule has 1 saturated heterocycles. The Morgan fingerprint density at radius 1 is 0.974 bits per heavy atom. The number of carbonyl (C=O) groups excluding carboxylic acids is 2. The summed E-state index contributed by atoms with van der Waals surface area (Å²) in [5.41, 5.74) is 6.70. The van der Waals surface area contributed by atoms with Crippen molar-refractivity contribution in [2.45, 2.75) is 39.5 Å². The number of carbonyl (C=O) groups is 2. The van der Waals surface area contributed by atoms with E-state index in [0.717, 1.165) is 46.7 Å². The number of halogens is 2. The molecule has 204 valence electrons. The van der Waals surface area contributed by atoms with Crippen LogP contribution in [0, 0.1) is 11.6 Å². The minimum absolute atomic E-state index is 0.273. The van der Waals surface area contributed by atoms with Crippen molar-refractivity contribution in [3.8, 4) is 21.9 Å². The maximum Gasteiger partial charge on any atom is 0.290 e. The molecule has 1 aromatic heterocycles. The van der Waals surface area contributed by atoms with Gasteiger partial charge in [0, 0.05) is 4.88 Å². The number of thiophene rings is 1. The lowest BCUT2D eigenvalue weighted by Crippen LogP contribution is -2.21. The van der Waals surface area contributed by atoms with Gasteiger partial charge in [0.05, 0.1) is 4.88 Å². The van der Waals surface area contributed by atoms with Gasteiger partial charge in [0.1, 0.15) is 19.0 Å². The Morgan fingerprint density at radius 3 is 2.34 bits per heavy atom. The number of nitrogens with two attached hydrogens (primary N) is 1. The summed E-state index contributed by atoms with van der Waals surface area (Å²) in [7, 11) is 0. The highest BCUT2D eigenvalue weighted by atomic mass is 32.1. The number of likely N-dealkylation sites (tertiary alicyclic amines) is 1. The lowest BCUT2D eigenvalue weighted by molar-refractivity contribution is -0.114. The predicted octanol–water partition coefficient (Wildman–Crippen LogP) is 5.87. The van der Waals surface area contributed by atoms with Gasteiger partial charge >= 0.3 is 0 Å². The third kappa shape index (κ3) is 8.10. The fourth-order valence-electron chi connectivity index (χ4n) is 4.17. The normalized spacial score (nSPS) is 14.1. The average molecular weight is 545 g/mol. The molecule has 6 nitrogen and oxygen atoms in total. The molecule has 5 rings (SSSR count). The van der Waals surface area contributed by atoms with Gasteiger partial charge in [-0.3, -0.25) is 9.59 Å². The number of fused-ring (bicyclic) bond motifs is 1. The first-order chi connectivity index (χ1) is 18.4. The summed E-state index contributed by atoms with van der Waals surface area (Å²) in [6.07, 6.45) is 4.60. The van der Waals surface area contributed by atoms with Gasteiger partial charge in [0.2, 0.25) is 0 Å². The average Bonchev–Trinajstić information content (AvgIpc) is 3.63. The number of ether oxygens (including phenoxy) is 2. The topological polar surface area (TPSA) is 81.9 Å². The standard InChI is InChI=1S/C15H20FNO2.C12H8FNO2S.C2H6/c16-13-10-12(4-3-7-17-5-1-2-6-17)11-14-15(13)19-9-8-18-14;13-8-3-1-7(2-4-8)9-5-6-10(17-9)11(15)12(14)16;1-2/h10-11H,1-9H2;1-6H,(H2,14,16);1-2H3. The van der Waals surface area contributed by atoms with Crippen molar-refractivity contribution in [1.29, 1.82) is 0 Å². The molecule has 0 spiro atoms. The molecule has 1 amide bonds. The molecule has 2 aliphatic rings. The van der Waals surface area contributed by atoms with Crippen LogP contribution in [0.5, 0.6) is 11.5 Å². The first-order valence-corrected chi connectivity index (χ1v) is 13.7. The van der Waals surface area contributed by atoms with Gasteiger partial charge in [-0.05, 0) is 92.8 Å². The summed E-state index contributed by atoms with van der Waals surface area (Å²) < 4.78 is 37.3. The van der Waals surface area contributed by atoms with Crippen LogP contribution >= 0.6 is 11.3 Å². The monoisotopic (exact) mass is 544 g/mol. The number of benzene rings is 2. The fourth-order valence-corrected chi connectivity index (χ4v) is 5.13. The summed E-state index contributed by atoms with van der Waals surface area (Å²) in [5, 5.41) is 0. The summed E-state index contributed by atoms with van der Waals surface area (Å²) in [6.45, 7) is 8.48. The van der Waals surface area contributed by atoms with E-state index < -0.39 is 11.7 Å². The molecule has 2 aromatic carbocycles. The number of hydrogen-bond acceptors (Lipinski definition) is 6. The van der Waals surface area contributed by atoms with Crippen LogP contribution in [-0.2, 0) is 11.2 Å². The summed E-state index contributed by atoms with van der Waals surface area (Å²) in [6, 6.07) is 12.6. The van der Waals surface area contributed by atoms with Gasteiger partial charge in [0.15, 0.2) is 17.3 Å². The van der Waals surface area contributed by atoms with E-state index in [2.05, 4.69) is 4.90 Å². The number of amides is 1. The molecule has 2 aliphatic heterocycles. The Kier molecular flexibility index (Phi) is 11.2. The van der Waals surface area contributed by atoms with Crippen molar-refractivity contribution in [3.63, 3.8) is 0 Å². The number of nitrogens with zero attached hydrogens (tertiary/aromatic N) is 1. The maximum absolute atomic E-state index is 13.8. The van der Waals surface area contributed by atoms with E-state index in [-0.39, 0.29) is 22.3 Å². The zero-order valence-electron chi connectivity index (χ0n) is 21.8.